The molecular weight excluding hydrogens is 366 g/mol. The molecule has 1 aliphatic rings. The van der Waals surface area contributed by atoms with Gasteiger partial charge in [-0.05, 0) is 42.7 Å². The van der Waals surface area contributed by atoms with Crippen LogP contribution in [0.3, 0.4) is 0 Å². The van der Waals surface area contributed by atoms with E-state index < -0.39 is 0 Å². The number of nitrogens with zero attached hydrogens (tertiary/aromatic N) is 2. The molecule has 2 aromatic carbocycles. The second kappa shape index (κ2) is 7.41. The van der Waals surface area contributed by atoms with Crippen molar-refractivity contribution in [3.63, 3.8) is 0 Å². The van der Waals surface area contributed by atoms with Crippen molar-refractivity contribution < 1.29 is 4.74 Å². The maximum absolute atomic E-state index is 5.65. The van der Waals surface area contributed by atoms with Gasteiger partial charge in [-0.15, -0.1) is 11.3 Å². The third-order valence-electron chi connectivity index (χ3n) is 5.46. The monoisotopic (exact) mass is 389 g/mol. The van der Waals surface area contributed by atoms with Crippen LogP contribution in [0.1, 0.15) is 34.8 Å². The first kappa shape index (κ1) is 17.5. The number of hydrogen-bond donors (Lipinski definition) is 1. The summed E-state index contributed by atoms with van der Waals surface area (Å²) < 4.78 is 5.65. The molecular formula is C23H23N3OS. The average molecular weight is 390 g/mol. The highest BCUT2D eigenvalue weighted by Gasteiger charge is 2.32. The van der Waals surface area contributed by atoms with Gasteiger partial charge in [-0.3, -0.25) is 4.90 Å². The number of hydrogen-bond acceptors (Lipinski definition) is 4. The first-order valence-electron chi connectivity index (χ1n) is 9.78. The fourth-order valence-electron chi connectivity index (χ4n) is 4.26. The molecule has 0 fully saturated rings. The van der Waals surface area contributed by atoms with Crippen LogP contribution in [0.4, 0.5) is 0 Å². The number of ether oxygens (including phenoxy) is 1. The van der Waals surface area contributed by atoms with Crippen LogP contribution in [0.2, 0.25) is 0 Å². The van der Waals surface area contributed by atoms with E-state index in [0.29, 0.717) is 6.61 Å². The number of H-pyrrole nitrogens is 1. The molecule has 28 heavy (non-hydrogen) atoms. The molecule has 1 aliphatic heterocycles. The van der Waals surface area contributed by atoms with Gasteiger partial charge >= 0.3 is 0 Å². The van der Waals surface area contributed by atoms with Crippen molar-refractivity contribution in [2.24, 2.45) is 0 Å². The molecule has 0 saturated heterocycles. The lowest BCUT2D eigenvalue weighted by Gasteiger charge is -2.35. The van der Waals surface area contributed by atoms with E-state index in [9.17, 15) is 0 Å². The van der Waals surface area contributed by atoms with Gasteiger partial charge in [-0.2, -0.15) is 0 Å². The van der Waals surface area contributed by atoms with Crippen LogP contribution in [-0.4, -0.2) is 28.0 Å². The van der Waals surface area contributed by atoms with Gasteiger partial charge in [-0.25, -0.2) is 4.98 Å². The standard InChI is InChI=1S/C23H23N3OS/c1-2-27-17-9-7-16(8-10-17)23-22-19(18-5-3-4-6-20(18)25-22)11-13-26(23)15-21-24-12-14-28-21/h3-10,12,14,23,25H,2,11,13,15H2,1H3. The van der Waals surface area contributed by atoms with Crippen LogP contribution in [0.15, 0.2) is 60.1 Å². The zero-order valence-electron chi connectivity index (χ0n) is 15.9. The summed E-state index contributed by atoms with van der Waals surface area (Å²) in [6.07, 6.45) is 2.95. The second-order valence-electron chi connectivity index (χ2n) is 7.11. The summed E-state index contributed by atoms with van der Waals surface area (Å²) in [6.45, 7) is 4.59. The largest absolute Gasteiger partial charge is 0.494 e. The Morgan fingerprint density at radius 2 is 2.04 bits per heavy atom. The first-order chi connectivity index (χ1) is 13.8. The van der Waals surface area contributed by atoms with Gasteiger partial charge in [0.05, 0.1) is 19.2 Å². The van der Waals surface area contributed by atoms with Gasteiger partial charge in [-0.1, -0.05) is 30.3 Å². The summed E-state index contributed by atoms with van der Waals surface area (Å²) in [5.41, 5.74) is 5.27. The molecule has 0 radical (unpaired) electrons. The molecule has 2 aromatic heterocycles. The van der Waals surface area contributed by atoms with E-state index in [-0.39, 0.29) is 6.04 Å². The minimum Gasteiger partial charge on any atom is -0.494 e. The van der Waals surface area contributed by atoms with E-state index in [2.05, 4.69) is 68.8 Å². The Morgan fingerprint density at radius 1 is 1.18 bits per heavy atom. The molecule has 4 aromatic rings. The summed E-state index contributed by atoms with van der Waals surface area (Å²) in [7, 11) is 0. The topological polar surface area (TPSA) is 41.1 Å². The average Bonchev–Trinajstić information content (AvgIpc) is 3.36. The lowest BCUT2D eigenvalue weighted by atomic mass is 9.92. The number of nitrogens with one attached hydrogen (secondary N) is 1. The van der Waals surface area contributed by atoms with Gasteiger partial charge in [0, 0.05) is 34.7 Å². The molecule has 0 spiro atoms. The summed E-state index contributed by atoms with van der Waals surface area (Å²) >= 11 is 1.73. The number of rotatable bonds is 5. The maximum Gasteiger partial charge on any atom is 0.119 e. The van der Waals surface area contributed by atoms with E-state index >= 15 is 0 Å². The smallest absolute Gasteiger partial charge is 0.119 e. The van der Waals surface area contributed by atoms with Crippen LogP contribution in [0, 0.1) is 0 Å². The van der Waals surface area contributed by atoms with Crippen LogP contribution >= 0.6 is 11.3 Å². The Labute approximate surface area is 168 Å². The number of aromatic amines is 1. The van der Waals surface area contributed by atoms with Crippen molar-refractivity contribution in [3.05, 3.63) is 81.9 Å². The normalized spacial score (nSPS) is 17.0. The van der Waals surface area contributed by atoms with Gasteiger partial charge in [0.2, 0.25) is 0 Å². The van der Waals surface area contributed by atoms with Crippen LogP contribution < -0.4 is 4.74 Å². The van der Waals surface area contributed by atoms with Crippen molar-refractivity contribution in [3.8, 4) is 5.75 Å². The van der Waals surface area contributed by atoms with Gasteiger partial charge < -0.3 is 9.72 Å². The van der Waals surface area contributed by atoms with Crippen molar-refractivity contribution in [1.29, 1.82) is 0 Å². The number of aromatic nitrogens is 2. The molecule has 142 valence electrons. The zero-order chi connectivity index (χ0) is 18.9. The Balaban J connectivity index is 1.59. The van der Waals surface area contributed by atoms with Crippen LogP contribution in [0.5, 0.6) is 5.75 Å². The number of thiazole rings is 1. The molecule has 1 atom stereocenters. The lowest BCUT2D eigenvalue weighted by molar-refractivity contribution is 0.201. The van der Waals surface area contributed by atoms with Crippen molar-refractivity contribution in [2.75, 3.05) is 13.2 Å². The highest BCUT2D eigenvalue weighted by atomic mass is 32.1. The molecule has 0 aliphatic carbocycles. The van der Waals surface area contributed by atoms with E-state index in [1.165, 1.54) is 27.7 Å². The van der Waals surface area contributed by atoms with Gasteiger partial charge in [0.1, 0.15) is 10.8 Å². The Morgan fingerprint density at radius 3 is 2.82 bits per heavy atom. The number of fused-ring (bicyclic) bond motifs is 3. The fourth-order valence-corrected chi connectivity index (χ4v) is 4.90. The first-order valence-corrected chi connectivity index (χ1v) is 10.7. The fraction of sp³-hybridized carbons (Fsp3) is 0.261. The van der Waals surface area contributed by atoms with Gasteiger partial charge in [0.25, 0.3) is 0 Å². The highest BCUT2D eigenvalue weighted by Crippen LogP contribution is 2.39. The zero-order valence-corrected chi connectivity index (χ0v) is 16.7. The Hall–Kier alpha value is -2.63. The van der Waals surface area contributed by atoms with Gasteiger partial charge in [0.15, 0.2) is 0 Å². The predicted molar refractivity (Wildman–Crippen MR) is 114 cm³/mol. The van der Waals surface area contributed by atoms with Crippen molar-refractivity contribution in [1.82, 2.24) is 14.9 Å². The predicted octanol–water partition coefficient (Wildman–Crippen LogP) is 5.17. The minimum absolute atomic E-state index is 0.190. The molecule has 5 rings (SSSR count). The maximum atomic E-state index is 5.65. The molecule has 5 heteroatoms. The van der Waals surface area contributed by atoms with Crippen LogP contribution in [-0.2, 0) is 13.0 Å². The SMILES string of the molecule is CCOc1ccc(C2c3[nH]c4ccccc4c3CCN2Cc2nccs2)cc1. The summed E-state index contributed by atoms with van der Waals surface area (Å²) in [5.74, 6) is 0.922. The van der Waals surface area contributed by atoms with E-state index in [1.54, 1.807) is 11.3 Å². The third-order valence-corrected chi connectivity index (χ3v) is 6.23. The molecule has 1 unspecified atom stereocenters. The molecule has 0 amide bonds. The lowest BCUT2D eigenvalue weighted by Crippen LogP contribution is -2.35. The van der Waals surface area contributed by atoms with Crippen molar-refractivity contribution >= 4 is 22.2 Å². The van der Waals surface area contributed by atoms with Crippen molar-refractivity contribution in [2.45, 2.75) is 25.9 Å². The van der Waals surface area contributed by atoms with E-state index in [0.717, 1.165) is 30.3 Å². The molecule has 1 N–H and O–H groups in total. The van der Waals surface area contributed by atoms with Crippen LogP contribution in [0.25, 0.3) is 10.9 Å². The number of benzene rings is 2. The number of para-hydroxylation sites is 1. The minimum atomic E-state index is 0.190. The molecule has 0 bridgehead atoms. The summed E-state index contributed by atoms with van der Waals surface area (Å²) in [5, 5.41) is 4.57. The molecule has 0 saturated carbocycles. The molecule has 4 nitrogen and oxygen atoms in total. The third kappa shape index (κ3) is 3.11. The Bertz CT molecular complexity index is 1070. The summed E-state index contributed by atoms with van der Waals surface area (Å²) in [4.78, 5) is 10.8. The second-order valence-corrected chi connectivity index (χ2v) is 8.09. The molecule has 3 heterocycles. The highest BCUT2D eigenvalue weighted by molar-refractivity contribution is 7.09. The Kier molecular flexibility index (Phi) is 4.63. The quantitative estimate of drug-likeness (QED) is 0.512. The summed E-state index contributed by atoms with van der Waals surface area (Å²) in [6, 6.07) is 17.4. The van der Waals surface area contributed by atoms with E-state index in [1.807, 2.05) is 13.1 Å². The van der Waals surface area contributed by atoms with E-state index in [4.69, 9.17) is 4.74 Å².